The van der Waals surface area contributed by atoms with E-state index < -0.39 is 5.91 Å². The Hall–Kier alpha value is -1.46. The molecule has 0 radical (unpaired) electrons. The summed E-state index contributed by atoms with van der Waals surface area (Å²) in [5.41, 5.74) is 6.81. The van der Waals surface area contributed by atoms with Crippen molar-refractivity contribution in [2.45, 2.75) is 13.3 Å². The highest BCUT2D eigenvalue weighted by molar-refractivity contribution is 7.80. The van der Waals surface area contributed by atoms with Crippen LogP contribution in [0.1, 0.15) is 22.8 Å². The molecule has 0 aliphatic heterocycles. The van der Waals surface area contributed by atoms with E-state index in [2.05, 4.69) is 12.2 Å². The van der Waals surface area contributed by atoms with E-state index in [1.165, 1.54) is 0 Å². The fourth-order valence-corrected chi connectivity index (χ4v) is 1.25. The highest BCUT2D eigenvalue weighted by Gasteiger charge is 2.14. The molecular formula is C10H13N3OS. The van der Waals surface area contributed by atoms with E-state index in [9.17, 15) is 4.79 Å². The maximum Gasteiger partial charge on any atom is 0.274 e. The molecule has 0 heterocycles. The van der Waals surface area contributed by atoms with Crippen LogP contribution in [-0.4, -0.2) is 16.0 Å². The van der Waals surface area contributed by atoms with Gasteiger partial charge >= 0.3 is 0 Å². The normalized spacial score (nSPS) is 9.73. The average Bonchev–Trinajstić information content (AvgIpc) is 2.27. The number of thiocarbonyl (C=S) groups is 1. The van der Waals surface area contributed by atoms with Gasteiger partial charge in [0, 0.05) is 5.56 Å². The Labute approximate surface area is 93.8 Å². The zero-order valence-electron chi connectivity index (χ0n) is 8.43. The van der Waals surface area contributed by atoms with Gasteiger partial charge < -0.3 is 5.73 Å². The Balaban J connectivity index is 2.96. The first-order valence-electron chi connectivity index (χ1n) is 4.53. The van der Waals surface area contributed by atoms with Gasteiger partial charge in [-0.2, -0.15) is 0 Å². The van der Waals surface area contributed by atoms with E-state index in [1.54, 1.807) is 18.2 Å². The van der Waals surface area contributed by atoms with Crippen LogP contribution in [0, 0.1) is 0 Å². The van der Waals surface area contributed by atoms with Crippen LogP contribution in [-0.2, 0) is 6.42 Å². The van der Waals surface area contributed by atoms with Crippen LogP contribution in [0.4, 0.5) is 0 Å². The van der Waals surface area contributed by atoms with E-state index in [0.29, 0.717) is 5.56 Å². The zero-order chi connectivity index (χ0) is 11.4. The van der Waals surface area contributed by atoms with Gasteiger partial charge in [0.2, 0.25) is 0 Å². The standard InChI is InChI=1S/C10H13N3OS/c1-2-7-4-3-5-8(6-7)9(14)13(12)10(11)15/h3-6H,2,12H2,1H3,(H2,11,15). The van der Waals surface area contributed by atoms with Gasteiger partial charge in [-0.3, -0.25) is 4.79 Å². The van der Waals surface area contributed by atoms with Crippen molar-refractivity contribution in [3.05, 3.63) is 35.4 Å². The van der Waals surface area contributed by atoms with Crippen LogP contribution in [0.3, 0.4) is 0 Å². The lowest BCUT2D eigenvalue weighted by Gasteiger charge is -2.14. The molecule has 0 bridgehead atoms. The minimum absolute atomic E-state index is 0.137. The molecule has 0 unspecified atom stereocenters. The number of carbonyl (C=O) groups excluding carboxylic acids is 1. The first-order chi connectivity index (χ1) is 7.06. The molecule has 0 atom stereocenters. The molecule has 0 aliphatic carbocycles. The number of carbonyl (C=O) groups is 1. The Morgan fingerprint density at radius 2 is 2.20 bits per heavy atom. The van der Waals surface area contributed by atoms with Gasteiger partial charge in [0.25, 0.3) is 5.91 Å². The average molecular weight is 223 g/mol. The molecule has 0 saturated heterocycles. The van der Waals surface area contributed by atoms with Crippen molar-refractivity contribution in [1.29, 1.82) is 0 Å². The summed E-state index contributed by atoms with van der Waals surface area (Å²) >= 11 is 4.61. The predicted octanol–water partition coefficient (Wildman–Crippen LogP) is 0.809. The molecule has 1 amide bonds. The van der Waals surface area contributed by atoms with Crippen molar-refractivity contribution in [1.82, 2.24) is 5.01 Å². The lowest BCUT2D eigenvalue weighted by atomic mass is 10.1. The first kappa shape index (κ1) is 11.6. The number of aryl methyl sites for hydroxylation is 1. The van der Waals surface area contributed by atoms with Crippen molar-refractivity contribution in [3.63, 3.8) is 0 Å². The molecule has 0 aliphatic rings. The van der Waals surface area contributed by atoms with Crippen LogP contribution in [0.15, 0.2) is 24.3 Å². The molecule has 80 valence electrons. The molecule has 0 saturated carbocycles. The number of rotatable bonds is 2. The molecule has 1 rings (SSSR count). The SMILES string of the molecule is CCc1cccc(C(=O)N(N)C(N)=S)c1. The fourth-order valence-electron chi connectivity index (χ4n) is 1.16. The topological polar surface area (TPSA) is 72.3 Å². The summed E-state index contributed by atoms with van der Waals surface area (Å²) in [4.78, 5) is 11.7. The maximum atomic E-state index is 11.7. The van der Waals surface area contributed by atoms with E-state index in [-0.39, 0.29) is 5.11 Å². The molecule has 1 aromatic rings. The fraction of sp³-hybridized carbons (Fsp3) is 0.200. The number of benzene rings is 1. The second-order valence-electron chi connectivity index (χ2n) is 3.07. The molecule has 0 aromatic heterocycles. The van der Waals surface area contributed by atoms with Crippen molar-refractivity contribution in [3.8, 4) is 0 Å². The van der Waals surface area contributed by atoms with E-state index in [4.69, 9.17) is 11.6 Å². The van der Waals surface area contributed by atoms with Crippen molar-refractivity contribution in [2.24, 2.45) is 11.6 Å². The predicted molar refractivity (Wildman–Crippen MR) is 63.0 cm³/mol. The molecule has 0 fully saturated rings. The van der Waals surface area contributed by atoms with Gasteiger partial charge in [0.05, 0.1) is 0 Å². The minimum atomic E-state index is -0.391. The summed E-state index contributed by atoms with van der Waals surface area (Å²) in [6.45, 7) is 2.01. The van der Waals surface area contributed by atoms with Gasteiger partial charge in [0.1, 0.15) is 0 Å². The zero-order valence-corrected chi connectivity index (χ0v) is 9.25. The van der Waals surface area contributed by atoms with Crippen LogP contribution in [0.2, 0.25) is 0 Å². The second kappa shape index (κ2) is 4.86. The maximum absolute atomic E-state index is 11.7. The van der Waals surface area contributed by atoms with Crippen molar-refractivity contribution in [2.75, 3.05) is 0 Å². The molecule has 4 nitrogen and oxygen atoms in total. The second-order valence-corrected chi connectivity index (χ2v) is 3.49. The van der Waals surface area contributed by atoms with Gasteiger partial charge in [-0.1, -0.05) is 19.1 Å². The van der Waals surface area contributed by atoms with Crippen molar-refractivity contribution >= 4 is 23.2 Å². The Morgan fingerprint density at radius 1 is 1.53 bits per heavy atom. The largest absolute Gasteiger partial charge is 0.375 e. The summed E-state index contributed by atoms with van der Waals surface area (Å²) in [5.74, 6) is 5.01. The van der Waals surface area contributed by atoms with Crippen LogP contribution in [0.25, 0.3) is 0 Å². The quantitative estimate of drug-likeness (QED) is 0.337. The minimum Gasteiger partial charge on any atom is -0.375 e. The molecule has 0 spiro atoms. The lowest BCUT2D eigenvalue weighted by Crippen LogP contribution is -2.45. The summed E-state index contributed by atoms with van der Waals surface area (Å²) in [7, 11) is 0. The Morgan fingerprint density at radius 3 is 2.73 bits per heavy atom. The third kappa shape index (κ3) is 2.74. The van der Waals surface area contributed by atoms with Gasteiger partial charge in [0.15, 0.2) is 5.11 Å². The number of nitrogens with two attached hydrogens (primary N) is 2. The van der Waals surface area contributed by atoms with E-state index in [0.717, 1.165) is 17.0 Å². The molecule has 15 heavy (non-hydrogen) atoms. The summed E-state index contributed by atoms with van der Waals surface area (Å²) in [6.07, 6.45) is 0.860. The van der Waals surface area contributed by atoms with Gasteiger partial charge in [-0.15, -0.1) is 0 Å². The third-order valence-corrected chi connectivity index (χ3v) is 2.24. The smallest absolute Gasteiger partial charge is 0.274 e. The summed E-state index contributed by atoms with van der Waals surface area (Å²) < 4.78 is 0. The number of hydrazine groups is 1. The molecular weight excluding hydrogens is 210 g/mol. The molecule has 1 aromatic carbocycles. The lowest BCUT2D eigenvalue weighted by molar-refractivity contribution is 0.0848. The Bertz CT molecular complexity index is 392. The number of amides is 1. The van der Waals surface area contributed by atoms with Crippen LogP contribution >= 0.6 is 12.2 Å². The first-order valence-corrected chi connectivity index (χ1v) is 4.94. The Kier molecular flexibility index (Phi) is 3.76. The van der Waals surface area contributed by atoms with Crippen LogP contribution < -0.4 is 11.6 Å². The van der Waals surface area contributed by atoms with Crippen molar-refractivity contribution < 1.29 is 4.79 Å². The molecule has 4 N–H and O–H groups in total. The summed E-state index contributed by atoms with van der Waals surface area (Å²) in [6, 6.07) is 7.21. The monoisotopic (exact) mass is 223 g/mol. The number of hydrogen-bond donors (Lipinski definition) is 2. The molecule has 5 heteroatoms. The van der Waals surface area contributed by atoms with E-state index >= 15 is 0 Å². The highest BCUT2D eigenvalue weighted by Crippen LogP contribution is 2.07. The van der Waals surface area contributed by atoms with E-state index in [1.807, 2.05) is 13.0 Å². The van der Waals surface area contributed by atoms with Gasteiger partial charge in [-0.05, 0) is 36.3 Å². The number of hydrogen-bond acceptors (Lipinski definition) is 3. The van der Waals surface area contributed by atoms with Crippen LogP contribution in [0.5, 0.6) is 0 Å². The van der Waals surface area contributed by atoms with Gasteiger partial charge in [-0.25, -0.2) is 10.9 Å². The number of nitrogens with zero attached hydrogens (tertiary/aromatic N) is 1. The third-order valence-electron chi connectivity index (χ3n) is 2.04. The highest BCUT2D eigenvalue weighted by atomic mass is 32.1. The summed E-state index contributed by atoms with van der Waals surface area (Å²) in [5, 5.41) is 0.631.